The summed E-state index contributed by atoms with van der Waals surface area (Å²) >= 11 is 0. The smallest absolute Gasteiger partial charge is 0.253 e. The molecule has 7 heteroatoms. The Kier molecular flexibility index (Phi) is 9.21. The maximum absolute atomic E-state index is 12.9. The van der Waals surface area contributed by atoms with Gasteiger partial charge >= 0.3 is 0 Å². The van der Waals surface area contributed by atoms with Crippen molar-refractivity contribution in [3.8, 4) is 0 Å². The van der Waals surface area contributed by atoms with Crippen molar-refractivity contribution in [2.45, 2.75) is 26.3 Å². The summed E-state index contributed by atoms with van der Waals surface area (Å²) in [6, 6.07) is 16.4. The molecule has 3 amide bonds. The fraction of sp³-hybridized carbons (Fsp3) is 0.375. The molecule has 0 aliphatic carbocycles. The summed E-state index contributed by atoms with van der Waals surface area (Å²) in [6.45, 7) is 4.79. The Morgan fingerprint density at radius 1 is 0.935 bits per heavy atom. The van der Waals surface area contributed by atoms with Crippen LogP contribution >= 0.6 is 0 Å². The third-order valence-electron chi connectivity index (χ3n) is 4.86. The first-order chi connectivity index (χ1) is 14.8. The molecule has 0 spiro atoms. The van der Waals surface area contributed by atoms with Crippen LogP contribution in [0, 0.1) is 0 Å². The lowest BCUT2D eigenvalue weighted by molar-refractivity contribution is -0.130. The number of nitrogens with zero attached hydrogens (tertiary/aromatic N) is 2. The quantitative estimate of drug-likeness (QED) is 0.614. The molecular weight excluding hydrogens is 392 g/mol. The highest BCUT2D eigenvalue weighted by Crippen LogP contribution is 2.18. The Balaban J connectivity index is 2.05. The highest BCUT2D eigenvalue weighted by molar-refractivity contribution is 6.04. The molecule has 0 bridgehead atoms. The molecule has 0 aromatic heterocycles. The summed E-state index contributed by atoms with van der Waals surface area (Å²) in [6.07, 6.45) is 0.824. The van der Waals surface area contributed by atoms with Gasteiger partial charge in [0.15, 0.2) is 0 Å². The average Bonchev–Trinajstić information content (AvgIpc) is 2.74. The number of benzene rings is 2. The van der Waals surface area contributed by atoms with Gasteiger partial charge in [-0.15, -0.1) is 0 Å². The van der Waals surface area contributed by atoms with E-state index in [2.05, 4.69) is 10.6 Å². The third-order valence-corrected chi connectivity index (χ3v) is 4.86. The Morgan fingerprint density at radius 2 is 1.58 bits per heavy atom. The van der Waals surface area contributed by atoms with Crippen molar-refractivity contribution in [1.82, 2.24) is 15.1 Å². The lowest BCUT2D eigenvalue weighted by Gasteiger charge is -2.22. The van der Waals surface area contributed by atoms with Crippen LogP contribution in [0.4, 0.5) is 5.69 Å². The number of para-hydroxylation sites is 1. The average molecular weight is 425 g/mol. The van der Waals surface area contributed by atoms with Gasteiger partial charge in [0.2, 0.25) is 11.8 Å². The summed E-state index contributed by atoms with van der Waals surface area (Å²) in [5.41, 5.74) is 1.84. The summed E-state index contributed by atoms with van der Waals surface area (Å²) < 4.78 is 0. The topological polar surface area (TPSA) is 81.8 Å². The Labute approximate surface area is 184 Å². The zero-order valence-corrected chi connectivity index (χ0v) is 18.7. The number of amides is 3. The van der Waals surface area contributed by atoms with Gasteiger partial charge in [0.05, 0.1) is 30.4 Å². The summed E-state index contributed by atoms with van der Waals surface area (Å²) in [5.74, 6) is -0.590. The lowest BCUT2D eigenvalue weighted by atomic mass is 10.1. The monoisotopic (exact) mass is 424 g/mol. The zero-order chi connectivity index (χ0) is 22.8. The number of hydrogen-bond acceptors (Lipinski definition) is 4. The number of rotatable bonds is 10. The first-order valence-corrected chi connectivity index (χ1v) is 10.5. The van der Waals surface area contributed by atoms with Crippen LogP contribution in [0.5, 0.6) is 0 Å². The van der Waals surface area contributed by atoms with Crippen molar-refractivity contribution in [2.24, 2.45) is 0 Å². The predicted molar refractivity (Wildman–Crippen MR) is 123 cm³/mol. The van der Waals surface area contributed by atoms with Gasteiger partial charge in [0.1, 0.15) is 0 Å². The molecule has 1 unspecified atom stereocenters. The van der Waals surface area contributed by atoms with E-state index < -0.39 is 0 Å². The van der Waals surface area contributed by atoms with Crippen LogP contribution < -0.4 is 10.6 Å². The Bertz CT molecular complexity index is 883. The van der Waals surface area contributed by atoms with Crippen molar-refractivity contribution in [2.75, 3.05) is 39.0 Å². The number of carbonyl (C=O) groups excluding carboxylic acids is 3. The van der Waals surface area contributed by atoms with Crippen LogP contribution in [0.3, 0.4) is 0 Å². The number of carbonyl (C=O) groups is 3. The highest BCUT2D eigenvalue weighted by atomic mass is 16.2. The molecule has 0 aliphatic heterocycles. The molecule has 2 N–H and O–H groups in total. The molecule has 0 radical (unpaired) electrons. The van der Waals surface area contributed by atoms with E-state index in [9.17, 15) is 14.4 Å². The van der Waals surface area contributed by atoms with Crippen LogP contribution in [-0.2, 0) is 9.59 Å². The predicted octanol–water partition coefficient (Wildman–Crippen LogP) is 2.92. The van der Waals surface area contributed by atoms with Crippen molar-refractivity contribution >= 4 is 23.4 Å². The third kappa shape index (κ3) is 7.53. The van der Waals surface area contributed by atoms with E-state index in [0.29, 0.717) is 17.8 Å². The molecule has 2 aromatic carbocycles. The minimum Gasteiger partial charge on any atom is -0.348 e. The van der Waals surface area contributed by atoms with Crippen LogP contribution in [0.15, 0.2) is 54.6 Å². The number of anilines is 1. The van der Waals surface area contributed by atoms with Gasteiger partial charge in [-0.25, -0.2) is 0 Å². The molecule has 7 nitrogen and oxygen atoms in total. The minimum absolute atomic E-state index is 0.0593. The molecule has 0 heterocycles. The number of hydrogen-bond donors (Lipinski definition) is 2. The second-order valence-electron chi connectivity index (χ2n) is 7.70. The van der Waals surface area contributed by atoms with Gasteiger partial charge in [-0.2, -0.15) is 0 Å². The van der Waals surface area contributed by atoms with E-state index in [1.165, 1.54) is 4.90 Å². The highest BCUT2D eigenvalue weighted by Gasteiger charge is 2.18. The molecule has 0 fully saturated rings. The molecule has 31 heavy (non-hydrogen) atoms. The van der Waals surface area contributed by atoms with E-state index in [1.54, 1.807) is 43.3 Å². The fourth-order valence-corrected chi connectivity index (χ4v) is 3.15. The maximum Gasteiger partial charge on any atom is 0.253 e. The second kappa shape index (κ2) is 11.9. The SMILES string of the molecule is CCCN(CC(=O)Nc1ccccc1C(=O)NC(C)c1ccccc1)CC(=O)N(C)C. The van der Waals surface area contributed by atoms with Crippen molar-refractivity contribution in [3.63, 3.8) is 0 Å². The Hall–Kier alpha value is -3.19. The molecule has 2 rings (SSSR count). The molecule has 0 aliphatic rings. The van der Waals surface area contributed by atoms with Gasteiger partial charge in [-0.1, -0.05) is 49.4 Å². The van der Waals surface area contributed by atoms with E-state index >= 15 is 0 Å². The molecule has 1 atom stereocenters. The van der Waals surface area contributed by atoms with Gasteiger partial charge in [0, 0.05) is 14.1 Å². The molecular formula is C24H32N4O3. The summed E-state index contributed by atoms with van der Waals surface area (Å²) in [4.78, 5) is 40.9. The number of likely N-dealkylation sites (N-methyl/N-ethyl adjacent to an activating group) is 1. The first kappa shape index (κ1) is 24.1. The largest absolute Gasteiger partial charge is 0.348 e. The summed E-state index contributed by atoms with van der Waals surface area (Å²) in [7, 11) is 3.38. The summed E-state index contributed by atoms with van der Waals surface area (Å²) in [5, 5.41) is 5.80. The van der Waals surface area contributed by atoms with E-state index in [-0.39, 0.29) is 36.9 Å². The molecule has 0 saturated carbocycles. The van der Waals surface area contributed by atoms with Gasteiger partial charge in [-0.05, 0) is 37.6 Å². The van der Waals surface area contributed by atoms with Crippen molar-refractivity contribution in [1.29, 1.82) is 0 Å². The molecule has 0 saturated heterocycles. The van der Waals surface area contributed by atoms with Crippen LogP contribution in [0.2, 0.25) is 0 Å². The number of nitrogens with one attached hydrogen (secondary N) is 2. The standard InChI is InChI=1S/C24H32N4O3/c1-5-15-28(17-23(30)27(3)4)16-22(29)26-21-14-10-9-13-20(21)24(31)25-18(2)19-11-7-6-8-12-19/h6-14,18H,5,15-17H2,1-4H3,(H,25,31)(H,26,29). The molecule has 2 aromatic rings. The van der Waals surface area contributed by atoms with Gasteiger partial charge in [-0.3, -0.25) is 19.3 Å². The first-order valence-electron chi connectivity index (χ1n) is 10.5. The fourth-order valence-electron chi connectivity index (χ4n) is 3.15. The van der Waals surface area contributed by atoms with Crippen LogP contribution in [0.25, 0.3) is 0 Å². The van der Waals surface area contributed by atoms with Crippen LogP contribution in [0.1, 0.15) is 42.2 Å². The maximum atomic E-state index is 12.9. The van der Waals surface area contributed by atoms with E-state index in [1.807, 2.05) is 44.2 Å². The van der Waals surface area contributed by atoms with E-state index in [0.717, 1.165) is 12.0 Å². The van der Waals surface area contributed by atoms with Crippen LogP contribution in [-0.4, -0.2) is 61.3 Å². The second-order valence-corrected chi connectivity index (χ2v) is 7.70. The van der Waals surface area contributed by atoms with Gasteiger partial charge < -0.3 is 15.5 Å². The van der Waals surface area contributed by atoms with Crippen molar-refractivity contribution < 1.29 is 14.4 Å². The zero-order valence-electron chi connectivity index (χ0n) is 18.7. The van der Waals surface area contributed by atoms with Crippen molar-refractivity contribution in [3.05, 3.63) is 65.7 Å². The Morgan fingerprint density at radius 3 is 2.23 bits per heavy atom. The lowest BCUT2D eigenvalue weighted by Crippen LogP contribution is -2.41. The molecule has 166 valence electrons. The normalized spacial score (nSPS) is 11.6. The van der Waals surface area contributed by atoms with E-state index in [4.69, 9.17) is 0 Å². The van der Waals surface area contributed by atoms with Gasteiger partial charge in [0.25, 0.3) is 5.91 Å². The minimum atomic E-state index is -0.267.